The van der Waals surface area contributed by atoms with Crippen LogP contribution >= 0.6 is 0 Å². The number of rotatable bonds is 2. The molecule has 0 saturated carbocycles. The van der Waals surface area contributed by atoms with Crippen molar-refractivity contribution in [3.63, 3.8) is 0 Å². The topological polar surface area (TPSA) is 49.4 Å². The van der Waals surface area contributed by atoms with Crippen LogP contribution in [0.15, 0.2) is 0 Å². The molecule has 0 aromatic carbocycles. The second-order valence-electron chi connectivity index (χ2n) is 2.00. The maximum absolute atomic E-state index is 10.0. The first-order chi connectivity index (χ1) is 3.50. The molecule has 0 saturated heterocycles. The number of carboxylic acids is 1. The van der Waals surface area contributed by atoms with Gasteiger partial charge in [0.1, 0.15) is 5.60 Å². The number of hydrogen-bond donors (Lipinski definition) is 0. The predicted molar refractivity (Wildman–Crippen MR) is 26.1 cm³/mol. The van der Waals surface area contributed by atoms with Gasteiger partial charge in [0.2, 0.25) is 0 Å². The van der Waals surface area contributed by atoms with E-state index in [0.717, 1.165) is 0 Å². The Kier molecular flexibility index (Phi) is 5.37. The van der Waals surface area contributed by atoms with Crippen molar-refractivity contribution in [1.82, 2.24) is 0 Å². The molecule has 0 aromatic rings. The molecule has 0 bridgehead atoms. The van der Waals surface area contributed by atoms with Crippen LogP contribution < -0.4 is 5.11 Å². The van der Waals surface area contributed by atoms with Gasteiger partial charge in [0, 0.05) is 7.11 Å². The largest absolute Gasteiger partial charge is 1.00 e. The van der Waals surface area contributed by atoms with Gasteiger partial charge in [-0.15, -0.1) is 0 Å². The Labute approximate surface area is 69.9 Å². The van der Waals surface area contributed by atoms with Crippen molar-refractivity contribution in [3.8, 4) is 0 Å². The van der Waals surface area contributed by atoms with Gasteiger partial charge >= 0.3 is 22.4 Å². The molecule has 0 unspecified atom stereocenters. The normalized spacial score (nSPS) is 10.1. The van der Waals surface area contributed by atoms with Gasteiger partial charge in [0.15, 0.2) is 0 Å². The monoisotopic (exact) mass is 224 g/mol. The van der Waals surface area contributed by atoms with E-state index in [1.165, 1.54) is 21.0 Å². The number of carbonyl (C=O) groups is 1. The van der Waals surface area contributed by atoms with E-state index in [0.29, 0.717) is 0 Å². The third-order valence-corrected chi connectivity index (χ3v) is 1.00. The molecule has 9 heavy (non-hydrogen) atoms. The molecule has 0 radical (unpaired) electrons. The summed E-state index contributed by atoms with van der Waals surface area (Å²) in [5.41, 5.74) is -1.15. The zero-order chi connectivity index (χ0) is 6.78. The first-order valence-electron chi connectivity index (χ1n) is 2.27. The molecule has 0 heterocycles. The summed E-state index contributed by atoms with van der Waals surface area (Å²) in [5.74, 6) is -1.19. The molecule has 0 amide bonds. The average molecular weight is 225 g/mol. The van der Waals surface area contributed by atoms with Gasteiger partial charge in [-0.2, -0.15) is 0 Å². The maximum atomic E-state index is 10.0. The van der Waals surface area contributed by atoms with Crippen LogP contribution in [0.3, 0.4) is 0 Å². The molecule has 4 heteroatoms. The standard InChI is InChI=1S/C5H10O3.Ag/c1-5(2,8-3)4(6)7;/h1-3H3,(H,6,7);/q;+1/p-1. The number of aliphatic carboxylic acids is 1. The number of carbonyl (C=O) groups excluding carboxylic acids is 1. The van der Waals surface area contributed by atoms with Crippen LogP contribution in [0, 0.1) is 0 Å². The Hall–Kier alpha value is 0.170. The number of ether oxygens (including phenoxy) is 1. The minimum absolute atomic E-state index is 0. The molecule has 0 N–H and O–H groups in total. The van der Waals surface area contributed by atoms with Gasteiger partial charge in [-0.3, -0.25) is 0 Å². The molecule has 0 aliphatic heterocycles. The minimum atomic E-state index is -1.19. The number of methoxy groups -OCH3 is 1. The van der Waals surface area contributed by atoms with Crippen LogP contribution in [-0.2, 0) is 31.9 Å². The van der Waals surface area contributed by atoms with Crippen LogP contribution in [0.5, 0.6) is 0 Å². The summed E-state index contributed by atoms with van der Waals surface area (Å²) in [4.78, 5) is 10.0. The molecule has 0 aliphatic carbocycles. The molecule has 0 atom stereocenters. The Balaban J connectivity index is 0. The molecular weight excluding hydrogens is 216 g/mol. The molecular formula is C5H9AgO3. The summed E-state index contributed by atoms with van der Waals surface area (Å²) in [5, 5.41) is 10.0. The van der Waals surface area contributed by atoms with Crippen LogP contribution in [0.25, 0.3) is 0 Å². The molecule has 3 nitrogen and oxygen atoms in total. The van der Waals surface area contributed by atoms with Gasteiger partial charge in [-0.25, -0.2) is 0 Å². The summed E-state index contributed by atoms with van der Waals surface area (Å²) < 4.78 is 4.54. The number of hydrogen-bond acceptors (Lipinski definition) is 3. The van der Waals surface area contributed by atoms with Gasteiger partial charge in [0.05, 0.1) is 5.97 Å². The van der Waals surface area contributed by atoms with Crippen molar-refractivity contribution in [2.45, 2.75) is 19.4 Å². The van der Waals surface area contributed by atoms with Gasteiger partial charge in [-0.1, -0.05) is 0 Å². The van der Waals surface area contributed by atoms with Crippen molar-refractivity contribution in [2.24, 2.45) is 0 Å². The second kappa shape index (κ2) is 4.06. The van der Waals surface area contributed by atoms with E-state index in [-0.39, 0.29) is 22.4 Å². The Morgan fingerprint density at radius 3 is 1.89 bits per heavy atom. The predicted octanol–water partition coefficient (Wildman–Crippen LogP) is -0.841. The zero-order valence-corrected chi connectivity index (χ0v) is 7.01. The van der Waals surface area contributed by atoms with Gasteiger partial charge < -0.3 is 14.6 Å². The maximum Gasteiger partial charge on any atom is 1.00 e. The van der Waals surface area contributed by atoms with Crippen LogP contribution in [0.4, 0.5) is 0 Å². The van der Waals surface area contributed by atoms with E-state index in [1.54, 1.807) is 0 Å². The van der Waals surface area contributed by atoms with E-state index in [1.807, 2.05) is 0 Å². The van der Waals surface area contributed by atoms with Crippen LogP contribution in [0.1, 0.15) is 13.8 Å². The fraction of sp³-hybridized carbons (Fsp3) is 0.800. The summed E-state index contributed by atoms with van der Waals surface area (Å²) in [6.45, 7) is 2.87. The summed E-state index contributed by atoms with van der Waals surface area (Å²) in [6.07, 6.45) is 0. The average Bonchev–Trinajstić information content (AvgIpc) is 1.67. The van der Waals surface area contributed by atoms with Crippen LogP contribution in [-0.4, -0.2) is 18.7 Å². The van der Waals surface area contributed by atoms with Crippen molar-refractivity contribution in [1.29, 1.82) is 0 Å². The molecule has 0 aromatic heterocycles. The second-order valence-corrected chi connectivity index (χ2v) is 2.00. The third kappa shape index (κ3) is 3.70. The summed E-state index contributed by atoms with van der Waals surface area (Å²) in [7, 11) is 1.33. The Bertz CT molecular complexity index is 100. The van der Waals surface area contributed by atoms with Crippen molar-refractivity contribution < 1.29 is 37.0 Å². The molecule has 0 rings (SSSR count). The fourth-order valence-corrected chi connectivity index (χ4v) is 0.0833. The van der Waals surface area contributed by atoms with Crippen molar-refractivity contribution in [3.05, 3.63) is 0 Å². The van der Waals surface area contributed by atoms with E-state index in [9.17, 15) is 9.90 Å². The molecule has 58 valence electrons. The Morgan fingerprint density at radius 1 is 1.56 bits per heavy atom. The minimum Gasteiger partial charge on any atom is -0.547 e. The first kappa shape index (κ1) is 11.9. The van der Waals surface area contributed by atoms with Gasteiger partial charge in [-0.05, 0) is 13.8 Å². The SMILES string of the molecule is COC(C)(C)C(=O)[O-].[Ag+]. The van der Waals surface area contributed by atoms with E-state index in [4.69, 9.17) is 0 Å². The quantitative estimate of drug-likeness (QED) is 0.575. The summed E-state index contributed by atoms with van der Waals surface area (Å²) >= 11 is 0. The summed E-state index contributed by atoms with van der Waals surface area (Å²) in [6, 6.07) is 0. The first-order valence-corrected chi connectivity index (χ1v) is 2.27. The smallest absolute Gasteiger partial charge is 0.547 e. The zero-order valence-electron chi connectivity index (χ0n) is 5.53. The molecule has 0 spiro atoms. The molecule has 0 aliphatic rings. The molecule has 0 fully saturated rings. The number of carboxylic acid groups (broad SMARTS) is 1. The van der Waals surface area contributed by atoms with E-state index in [2.05, 4.69) is 4.74 Å². The van der Waals surface area contributed by atoms with E-state index >= 15 is 0 Å². The van der Waals surface area contributed by atoms with E-state index < -0.39 is 11.6 Å². The third-order valence-electron chi connectivity index (χ3n) is 1.00. The van der Waals surface area contributed by atoms with Crippen molar-refractivity contribution >= 4 is 5.97 Å². The van der Waals surface area contributed by atoms with Gasteiger partial charge in [0.25, 0.3) is 0 Å². The fourth-order valence-electron chi connectivity index (χ4n) is 0.0833. The van der Waals surface area contributed by atoms with Crippen LogP contribution in [0.2, 0.25) is 0 Å². The van der Waals surface area contributed by atoms with Crippen molar-refractivity contribution in [2.75, 3.05) is 7.11 Å². The Morgan fingerprint density at radius 2 is 1.89 bits per heavy atom.